The summed E-state index contributed by atoms with van der Waals surface area (Å²) in [5, 5.41) is 7.45. The van der Waals surface area contributed by atoms with Gasteiger partial charge in [-0.05, 0) is 6.92 Å². The highest BCUT2D eigenvalue weighted by Gasteiger charge is 2.32. The second-order valence-electron chi connectivity index (χ2n) is 5.59. The third-order valence-corrected chi connectivity index (χ3v) is 6.57. The molecule has 1 atom stereocenters. The van der Waals surface area contributed by atoms with Gasteiger partial charge in [0.2, 0.25) is 10.0 Å². The van der Waals surface area contributed by atoms with Crippen LogP contribution >= 0.6 is 11.8 Å². The number of aromatic nitrogens is 2. The van der Waals surface area contributed by atoms with E-state index in [0.29, 0.717) is 24.0 Å². The third kappa shape index (κ3) is 4.21. The molecule has 0 bridgehead atoms. The Balaban J connectivity index is 2.05. The van der Waals surface area contributed by atoms with Crippen LogP contribution < -0.4 is 5.32 Å². The van der Waals surface area contributed by atoms with E-state index in [1.807, 2.05) is 6.92 Å². The third-order valence-electron chi connectivity index (χ3n) is 3.42. The minimum atomic E-state index is -3.42. The molecule has 0 aromatic carbocycles. The van der Waals surface area contributed by atoms with E-state index in [-0.39, 0.29) is 6.04 Å². The van der Waals surface area contributed by atoms with Crippen LogP contribution in [0.2, 0.25) is 0 Å². The molecule has 1 aromatic rings. The van der Waals surface area contributed by atoms with Crippen molar-refractivity contribution in [2.75, 3.05) is 24.6 Å². The van der Waals surface area contributed by atoms with Gasteiger partial charge in [-0.2, -0.15) is 21.2 Å². The summed E-state index contributed by atoms with van der Waals surface area (Å²) in [6, 6.07) is 0.454. The van der Waals surface area contributed by atoms with Gasteiger partial charge >= 0.3 is 0 Å². The predicted molar refractivity (Wildman–Crippen MR) is 86.0 cm³/mol. The molecule has 1 saturated heterocycles. The quantitative estimate of drug-likeness (QED) is 0.842. The van der Waals surface area contributed by atoms with E-state index in [1.54, 1.807) is 26.9 Å². The van der Waals surface area contributed by atoms with Crippen molar-refractivity contribution < 1.29 is 8.42 Å². The summed E-state index contributed by atoms with van der Waals surface area (Å²) >= 11 is 1.80. The standard InChI is InChI=1S/C13H24N4O2S2/c1-11(2)14-4-5-16-9-13(8-15-16)21(18,19)17-6-7-20-10-12(17)3/h8-9,11-12,14H,4-7,10H2,1-3H3. The van der Waals surface area contributed by atoms with Gasteiger partial charge in [0.15, 0.2) is 0 Å². The van der Waals surface area contributed by atoms with Gasteiger partial charge in [0, 0.05) is 42.9 Å². The molecule has 1 aliphatic heterocycles. The average Bonchev–Trinajstić information content (AvgIpc) is 2.88. The number of nitrogens with zero attached hydrogens (tertiary/aromatic N) is 3. The van der Waals surface area contributed by atoms with Crippen LogP contribution in [0.3, 0.4) is 0 Å². The molecule has 2 rings (SSSR count). The molecule has 0 saturated carbocycles. The first-order chi connectivity index (χ1) is 9.91. The van der Waals surface area contributed by atoms with Gasteiger partial charge < -0.3 is 5.32 Å². The lowest BCUT2D eigenvalue weighted by Crippen LogP contribution is -2.44. The summed E-state index contributed by atoms with van der Waals surface area (Å²) < 4.78 is 28.6. The van der Waals surface area contributed by atoms with Gasteiger partial charge in [0.25, 0.3) is 0 Å². The first-order valence-corrected chi connectivity index (χ1v) is 9.86. The van der Waals surface area contributed by atoms with Gasteiger partial charge in [0.1, 0.15) is 4.90 Å². The summed E-state index contributed by atoms with van der Waals surface area (Å²) in [5.74, 6) is 1.71. The fourth-order valence-electron chi connectivity index (χ4n) is 2.27. The zero-order chi connectivity index (χ0) is 15.5. The maximum Gasteiger partial charge on any atom is 0.246 e. The lowest BCUT2D eigenvalue weighted by atomic mass is 10.4. The minimum absolute atomic E-state index is 0.0414. The van der Waals surface area contributed by atoms with Crippen LogP contribution in [0.5, 0.6) is 0 Å². The number of thioether (sulfide) groups is 1. The molecule has 0 spiro atoms. The average molecular weight is 332 g/mol. The van der Waals surface area contributed by atoms with Crippen molar-refractivity contribution in [3.05, 3.63) is 12.4 Å². The highest BCUT2D eigenvalue weighted by Crippen LogP contribution is 2.23. The molecule has 1 fully saturated rings. The molecule has 2 heterocycles. The van der Waals surface area contributed by atoms with Crippen LogP contribution in [-0.4, -0.2) is 59.2 Å². The van der Waals surface area contributed by atoms with Crippen LogP contribution in [0.1, 0.15) is 20.8 Å². The summed E-state index contributed by atoms with van der Waals surface area (Å²) in [5.41, 5.74) is 0. The maximum absolute atomic E-state index is 12.6. The molecule has 21 heavy (non-hydrogen) atoms. The Morgan fingerprint density at radius 3 is 2.95 bits per heavy atom. The predicted octanol–water partition coefficient (Wildman–Crippen LogP) is 1.01. The van der Waals surface area contributed by atoms with Gasteiger partial charge in [-0.25, -0.2) is 8.42 Å². The van der Waals surface area contributed by atoms with Crippen LogP contribution in [0.4, 0.5) is 0 Å². The van der Waals surface area contributed by atoms with Crippen LogP contribution in [0.25, 0.3) is 0 Å². The Morgan fingerprint density at radius 2 is 2.29 bits per heavy atom. The SMILES string of the molecule is CC(C)NCCn1cc(S(=O)(=O)N2CCSCC2C)cn1. The van der Waals surface area contributed by atoms with E-state index in [1.165, 1.54) is 6.20 Å². The van der Waals surface area contributed by atoms with Crippen LogP contribution in [0, 0.1) is 0 Å². The first kappa shape index (κ1) is 16.8. The number of sulfonamides is 1. The summed E-state index contributed by atoms with van der Waals surface area (Å²) in [6.45, 7) is 8.13. The summed E-state index contributed by atoms with van der Waals surface area (Å²) in [6.07, 6.45) is 3.09. The number of nitrogens with one attached hydrogen (secondary N) is 1. The number of hydrogen-bond acceptors (Lipinski definition) is 5. The van der Waals surface area contributed by atoms with Gasteiger partial charge in [-0.1, -0.05) is 13.8 Å². The van der Waals surface area contributed by atoms with Crippen LogP contribution in [0.15, 0.2) is 17.3 Å². The van der Waals surface area contributed by atoms with Crippen molar-refractivity contribution in [3.8, 4) is 0 Å². The molecule has 8 heteroatoms. The normalized spacial score (nSPS) is 21.0. The molecule has 0 radical (unpaired) electrons. The monoisotopic (exact) mass is 332 g/mol. The lowest BCUT2D eigenvalue weighted by Gasteiger charge is -2.31. The molecule has 0 amide bonds. The smallest absolute Gasteiger partial charge is 0.246 e. The summed E-state index contributed by atoms with van der Waals surface area (Å²) in [4.78, 5) is 0.297. The molecule has 0 aliphatic carbocycles. The molecule has 1 aliphatic rings. The largest absolute Gasteiger partial charge is 0.313 e. The van der Waals surface area contributed by atoms with E-state index < -0.39 is 10.0 Å². The highest BCUT2D eigenvalue weighted by atomic mass is 32.2. The number of rotatable bonds is 6. The Morgan fingerprint density at radius 1 is 1.52 bits per heavy atom. The van der Waals surface area contributed by atoms with Crippen molar-refractivity contribution >= 4 is 21.8 Å². The summed E-state index contributed by atoms with van der Waals surface area (Å²) in [7, 11) is -3.42. The Kier molecular flexibility index (Phi) is 5.70. The zero-order valence-electron chi connectivity index (χ0n) is 12.8. The molecule has 1 unspecified atom stereocenters. The Labute approximate surface area is 131 Å². The van der Waals surface area contributed by atoms with Crippen molar-refractivity contribution in [2.24, 2.45) is 0 Å². The lowest BCUT2D eigenvalue weighted by molar-refractivity contribution is 0.367. The molecular formula is C13H24N4O2S2. The van der Waals surface area contributed by atoms with E-state index in [4.69, 9.17) is 0 Å². The van der Waals surface area contributed by atoms with E-state index in [9.17, 15) is 8.42 Å². The van der Waals surface area contributed by atoms with E-state index >= 15 is 0 Å². The Hall–Kier alpha value is -0.570. The molecule has 120 valence electrons. The second-order valence-corrected chi connectivity index (χ2v) is 8.63. The van der Waals surface area contributed by atoms with Crippen molar-refractivity contribution in [1.29, 1.82) is 0 Å². The molecule has 1 aromatic heterocycles. The highest BCUT2D eigenvalue weighted by molar-refractivity contribution is 7.99. The first-order valence-electron chi connectivity index (χ1n) is 7.26. The molecule has 6 nitrogen and oxygen atoms in total. The maximum atomic E-state index is 12.6. The molecular weight excluding hydrogens is 308 g/mol. The minimum Gasteiger partial charge on any atom is -0.313 e. The Bertz CT molecular complexity index is 556. The fourth-order valence-corrected chi connectivity index (χ4v) is 5.08. The second kappa shape index (κ2) is 7.13. The topological polar surface area (TPSA) is 67.2 Å². The van der Waals surface area contributed by atoms with Crippen molar-refractivity contribution in [3.63, 3.8) is 0 Å². The van der Waals surface area contributed by atoms with Crippen molar-refractivity contribution in [2.45, 2.75) is 44.3 Å². The van der Waals surface area contributed by atoms with Gasteiger partial charge in [0.05, 0.1) is 12.7 Å². The van der Waals surface area contributed by atoms with Crippen LogP contribution in [-0.2, 0) is 16.6 Å². The van der Waals surface area contributed by atoms with Gasteiger partial charge in [-0.15, -0.1) is 0 Å². The zero-order valence-corrected chi connectivity index (χ0v) is 14.5. The fraction of sp³-hybridized carbons (Fsp3) is 0.769. The van der Waals surface area contributed by atoms with Crippen molar-refractivity contribution in [1.82, 2.24) is 19.4 Å². The number of hydrogen-bond donors (Lipinski definition) is 1. The van der Waals surface area contributed by atoms with E-state index in [0.717, 1.165) is 18.1 Å². The van der Waals surface area contributed by atoms with E-state index in [2.05, 4.69) is 24.3 Å². The molecule has 1 N–H and O–H groups in total. The van der Waals surface area contributed by atoms with Gasteiger partial charge in [-0.3, -0.25) is 4.68 Å².